The number of nitrogens with zero attached hydrogens (tertiary/aromatic N) is 3. The van der Waals surface area contributed by atoms with Crippen LogP contribution in [-0.4, -0.2) is 20.7 Å². The normalized spacial score (nSPS) is 12.2. The predicted octanol–water partition coefficient (Wildman–Crippen LogP) is 3.89. The maximum Gasteiger partial charge on any atom is 0.221 e. The fourth-order valence-electron chi connectivity index (χ4n) is 2.67. The number of amides is 1. The Labute approximate surface area is 150 Å². The van der Waals surface area contributed by atoms with Gasteiger partial charge in [-0.3, -0.25) is 4.79 Å². The molecule has 0 atom stereocenters. The summed E-state index contributed by atoms with van der Waals surface area (Å²) >= 11 is 0. The summed E-state index contributed by atoms with van der Waals surface area (Å²) in [7, 11) is 0. The summed E-state index contributed by atoms with van der Waals surface area (Å²) in [4.78, 5) is 15.7. The van der Waals surface area contributed by atoms with Gasteiger partial charge in [0.05, 0.1) is 11.8 Å². The zero-order valence-corrected chi connectivity index (χ0v) is 14.1. The number of hydrogen-bond acceptors (Lipinski definition) is 4. The van der Waals surface area contributed by atoms with Crippen LogP contribution < -0.4 is 10.1 Å². The summed E-state index contributed by atoms with van der Waals surface area (Å²) < 4.78 is 7.27. The van der Waals surface area contributed by atoms with Crippen LogP contribution in [0.25, 0.3) is 29.7 Å². The second-order valence-corrected chi connectivity index (χ2v) is 5.77. The number of ether oxygens (including phenoxy) is 1. The minimum Gasteiger partial charge on any atom is -0.463 e. The molecule has 26 heavy (non-hydrogen) atoms. The Bertz CT molecular complexity index is 1020. The number of anilines is 1. The number of carbonyl (C=O) groups excluding carboxylic acids is 1. The monoisotopic (exact) mass is 344 g/mol. The van der Waals surface area contributed by atoms with Gasteiger partial charge in [0, 0.05) is 12.6 Å². The standard InChI is InChI=1S/C20H16N4O2/c1-14(25)21-16-9-6-15(7-10-16)8-11-19-22-20-17-4-2-3-5-18(17)26-13-12-24(20)23-19/h2-13H,1H3,(H,21,25)/b11-8+. The van der Waals surface area contributed by atoms with Crippen molar-refractivity contribution in [3.63, 3.8) is 0 Å². The van der Waals surface area contributed by atoms with E-state index < -0.39 is 0 Å². The molecule has 1 aromatic heterocycles. The van der Waals surface area contributed by atoms with Gasteiger partial charge in [-0.1, -0.05) is 30.3 Å². The molecule has 0 spiro atoms. The van der Waals surface area contributed by atoms with Crippen molar-refractivity contribution in [2.45, 2.75) is 6.92 Å². The van der Waals surface area contributed by atoms with E-state index in [1.54, 1.807) is 17.1 Å². The minimum atomic E-state index is -0.0886. The van der Waals surface area contributed by atoms with Crippen LogP contribution in [0.4, 0.5) is 5.69 Å². The molecule has 0 saturated heterocycles. The molecule has 6 nitrogen and oxygen atoms in total. The first-order valence-corrected chi connectivity index (χ1v) is 8.14. The van der Waals surface area contributed by atoms with Gasteiger partial charge in [0.2, 0.25) is 5.91 Å². The minimum absolute atomic E-state index is 0.0886. The highest BCUT2D eigenvalue weighted by Gasteiger charge is 2.15. The molecule has 0 saturated carbocycles. The molecule has 2 aromatic carbocycles. The lowest BCUT2D eigenvalue weighted by Gasteiger charge is -2.02. The van der Waals surface area contributed by atoms with E-state index in [9.17, 15) is 4.79 Å². The van der Waals surface area contributed by atoms with Crippen LogP contribution in [0.3, 0.4) is 0 Å². The van der Waals surface area contributed by atoms with Crippen molar-refractivity contribution in [1.82, 2.24) is 14.8 Å². The Morgan fingerprint density at radius 3 is 2.73 bits per heavy atom. The molecule has 0 radical (unpaired) electrons. The van der Waals surface area contributed by atoms with Crippen molar-refractivity contribution < 1.29 is 9.53 Å². The number of carbonyl (C=O) groups is 1. The largest absolute Gasteiger partial charge is 0.463 e. The predicted molar refractivity (Wildman–Crippen MR) is 101 cm³/mol. The highest BCUT2D eigenvalue weighted by molar-refractivity contribution is 5.88. The zero-order chi connectivity index (χ0) is 17.9. The van der Waals surface area contributed by atoms with Crippen LogP contribution >= 0.6 is 0 Å². The molecule has 2 heterocycles. The van der Waals surface area contributed by atoms with Gasteiger partial charge in [-0.25, -0.2) is 9.67 Å². The molecule has 128 valence electrons. The van der Waals surface area contributed by atoms with E-state index in [0.717, 1.165) is 28.4 Å². The molecule has 1 amide bonds. The lowest BCUT2D eigenvalue weighted by molar-refractivity contribution is -0.114. The first-order valence-electron chi connectivity index (χ1n) is 8.14. The quantitative estimate of drug-likeness (QED) is 0.782. The molecule has 3 aromatic rings. The molecule has 1 aliphatic heterocycles. The Kier molecular flexibility index (Phi) is 4.07. The van der Waals surface area contributed by atoms with E-state index in [0.29, 0.717) is 5.82 Å². The van der Waals surface area contributed by atoms with Gasteiger partial charge in [-0.05, 0) is 35.9 Å². The van der Waals surface area contributed by atoms with Gasteiger partial charge < -0.3 is 10.1 Å². The first kappa shape index (κ1) is 15.8. The lowest BCUT2D eigenvalue weighted by Crippen LogP contribution is -2.05. The molecule has 1 aliphatic rings. The molecule has 6 heteroatoms. The summed E-state index contributed by atoms with van der Waals surface area (Å²) in [6.07, 6.45) is 7.12. The third-order valence-electron chi connectivity index (χ3n) is 3.83. The molecule has 0 bridgehead atoms. The Balaban J connectivity index is 1.59. The number of aromatic nitrogens is 3. The molecule has 4 rings (SSSR count). The molecule has 1 N–H and O–H groups in total. The van der Waals surface area contributed by atoms with E-state index in [1.807, 2.05) is 60.7 Å². The van der Waals surface area contributed by atoms with E-state index in [2.05, 4.69) is 15.4 Å². The lowest BCUT2D eigenvalue weighted by atomic mass is 10.2. The molecule has 0 aliphatic carbocycles. The van der Waals surface area contributed by atoms with Crippen LogP contribution in [0.5, 0.6) is 5.75 Å². The second kappa shape index (κ2) is 6.68. The number of nitrogens with one attached hydrogen (secondary N) is 1. The van der Waals surface area contributed by atoms with E-state index in [-0.39, 0.29) is 5.91 Å². The topological polar surface area (TPSA) is 69.0 Å². The first-order chi connectivity index (χ1) is 12.7. The Morgan fingerprint density at radius 1 is 1.12 bits per heavy atom. The number of para-hydroxylation sites is 1. The fraction of sp³-hybridized carbons (Fsp3) is 0.0500. The Hall–Kier alpha value is -3.67. The smallest absolute Gasteiger partial charge is 0.221 e. The average molecular weight is 344 g/mol. The van der Waals surface area contributed by atoms with Crippen LogP contribution in [0.1, 0.15) is 18.3 Å². The van der Waals surface area contributed by atoms with Crippen molar-refractivity contribution in [3.8, 4) is 17.1 Å². The van der Waals surface area contributed by atoms with Gasteiger partial charge in [0.1, 0.15) is 12.0 Å². The average Bonchev–Trinajstić information content (AvgIpc) is 2.96. The van der Waals surface area contributed by atoms with Gasteiger partial charge >= 0.3 is 0 Å². The molecular weight excluding hydrogens is 328 g/mol. The molecular formula is C20H16N4O2. The molecule has 0 unspecified atom stereocenters. The third-order valence-corrected chi connectivity index (χ3v) is 3.83. The summed E-state index contributed by atoms with van der Waals surface area (Å²) in [6.45, 7) is 1.49. The maximum atomic E-state index is 11.1. The van der Waals surface area contributed by atoms with Crippen molar-refractivity contribution >= 4 is 29.9 Å². The van der Waals surface area contributed by atoms with E-state index >= 15 is 0 Å². The van der Waals surface area contributed by atoms with Crippen molar-refractivity contribution in [2.75, 3.05) is 5.32 Å². The van der Waals surface area contributed by atoms with Crippen LogP contribution in [-0.2, 0) is 4.79 Å². The number of benzene rings is 2. The van der Waals surface area contributed by atoms with E-state index in [1.165, 1.54) is 6.92 Å². The summed E-state index contributed by atoms with van der Waals surface area (Å²) in [6, 6.07) is 15.3. The van der Waals surface area contributed by atoms with Gasteiger partial charge in [0.15, 0.2) is 11.6 Å². The van der Waals surface area contributed by atoms with Gasteiger partial charge in [-0.2, -0.15) is 0 Å². The summed E-state index contributed by atoms with van der Waals surface area (Å²) in [5.74, 6) is 2.00. The second-order valence-electron chi connectivity index (χ2n) is 5.77. The molecule has 0 fully saturated rings. The highest BCUT2D eigenvalue weighted by Crippen LogP contribution is 2.31. The highest BCUT2D eigenvalue weighted by atomic mass is 16.5. The van der Waals surface area contributed by atoms with Crippen LogP contribution in [0.2, 0.25) is 0 Å². The number of rotatable bonds is 3. The van der Waals surface area contributed by atoms with Crippen LogP contribution in [0, 0.1) is 0 Å². The number of fused-ring (bicyclic) bond motifs is 3. The Morgan fingerprint density at radius 2 is 1.92 bits per heavy atom. The summed E-state index contributed by atoms with van der Waals surface area (Å²) in [5.41, 5.74) is 2.65. The van der Waals surface area contributed by atoms with Crippen molar-refractivity contribution in [3.05, 3.63) is 66.2 Å². The maximum absolute atomic E-state index is 11.1. The van der Waals surface area contributed by atoms with Crippen molar-refractivity contribution in [1.29, 1.82) is 0 Å². The fourth-order valence-corrected chi connectivity index (χ4v) is 2.67. The third kappa shape index (κ3) is 3.25. The van der Waals surface area contributed by atoms with Gasteiger partial charge in [-0.15, -0.1) is 5.10 Å². The van der Waals surface area contributed by atoms with Crippen LogP contribution in [0.15, 0.2) is 54.8 Å². The SMILES string of the molecule is CC(=O)Nc1ccc(/C=C/c2nc3n(n2)C=COc2ccccc2-3)cc1. The van der Waals surface area contributed by atoms with Gasteiger partial charge in [0.25, 0.3) is 0 Å². The van der Waals surface area contributed by atoms with Crippen molar-refractivity contribution in [2.24, 2.45) is 0 Å². The zero-order valence-electron chi connectivity index (χ0n) is 14.1. The van der Waals surface area contributed by atoms with E-state index in [4.69, 9.17) is 4.74 Å². The number of hydrogen-bond donors (Lipinski definition) is 1. The summed E-state index contributed by atoms with van der Waals surface area (Å²) in [5, 5.41) is 7.22.